The first kappa shape index (κ1) is 22.7. The molecule has 1 unspecified atom stereocenters. The maximum atomic E-state index is 14.1. The van der Waals surface area contributed by atoms with Gasteiger partial charge in [-0.2, -0.15) is 22.7 Å². The van der Waals surface area contributed by atoms with E-state index in [-0.39, 0.29) is 18.5 Å². The number of aromatic amines is 1. The van der Waals surface area contributed by atoms with Gasteiger partial charge in [0, 0.05) is 28.8 Å². The van der Waals surface area contributed by atoms with E-state index in [2.05, 4.69) is 20.5 Å². The summed E-state index contributed by atoms with van der Waals surface area (Å²) in [5.74, 6) is -3.91. The molecule has 1 amide bonds. The Kier molecular flexibility index (Phi) is 5.58. The summed E-state index contributed by atoms with van der Waals surface area (Å²) in [5, 5.41) is 10.1. The van der Waals surface area contributed by atoms with Crippen LogP contribution in [0.2, 0.25) is 0 Å². The fourth-order valence-corrected chi connectivity index (χ4v) is 4.43. The highest BCUT2D eigenvalue weighted by Gasteiger charge is 2.43. The molecule has 0 saturated heterocycles. The van der Waals surface area contributed by atoms with E-state index >= 15 is 0 Å². The first-order chi connectivity index (χ1) is 16.7. The Morgan fingerprint density at radius 1 is 1.06 bits per heavy atom. The van der Waals surface area contributed by atoms with Crippen LogP contribution >= 0.6 is 0 Å². The third kappa shape index (κ3) is 4.39. The molecule has 2 N–H and O–H groups in total. The van der Waals surface area contributed by atoms with Crippen LogP contribution in [0.5, 0.6) is 0 Å². The molecule has 6 nitrogen and oxygen atoms in total. The van der Waals surface area contributed by atoms with Gasteiger partial charge < -0.3 is 5.32 Å². The predicted octanol–water partition coefficient (Wildman–Crippen LogP) is 5.25. The molecule has 0 bridgehead atoms. The second kappa shape index (κ2) is 8.61. The lowest BCUT2D eigenvalue weighted by Gasteiger charge is -2.24. The average molecular weight is 482 g/mol. The fourth-order valence-electron chi connectivity index (χ4n) is 4.43. The minimum absolute atomic E-state index is 0.0135. The topological polar surface area (TPSA) is 87.7 Å². The number of carbonyl (C=O) groups is 2. The van der Waals surface area contributed by atoms with Crippen molar-refractivity contribution in [3.63, 3.8) is 0 Å². The van der Waals surface area contributed by atoms with Crippen molar-refractivity contribution >= 4 is 28.3 Å². The number of aryl methyl sites for hydroxylation is 1. The number of nitrogens with zero attached hydrogens (tertiary/aromatic N) is 2. The van der Waals surface area contributed by atoms with Gasteiger partial charge >= 0.3 is 6.18 Å². The van der Waals surface area contributed by atoms with Gasteiger partial charge in [0.1, 0.15) is 0 Å². The van der Waals surface area contributed by atoms with Crippen molar-refractivity contribution in [2.24, 2.45) is 5.92 Å². The summed E-state index contributed by atoms with van der Waals surface area (Å²) in [7, 11) is 0. The highest BCUT2D eigenvalue weighted by atomic mass is 19.4. The van der Waals surface area contributed by atoms with Gasteiger partial charge in [0.25, 0.3) is 5.91 Å². The van der Waals surface area contributed by atoms with E-state index in [1.54, 1.807) is 48.5 Å². The van der Waals surface area contributed by atoms with Gasteiger partial charge in [0.15, 0.2) is 5.69 Å². The van der Waals surface area contributed by atoms with Gasteiger partial charge in [-0.1, -0.05) is 12.1 Å². The summed E-state index contributed by atoms with van der Waals surface area (Å²) in [6.07, 6.45) is -3.08. The summed E-state index contributed by atoms with van der Waals surface area (Å²) in [6.45, 7) is 0. The molecule has 2 aromatic carbocycles. The van der Waals surface area contributed by atoms with Crippen LogP contribution in [0.25, 0.3) is 22.0 Å². The predicted molar refractivity (Wildman–Crippen MR) is 120 cm³/mol. The molecule has 1 aliphatic carbocycles. The van der Waals surface area contributed by atoms with Crippen molar-refractivity contribution in [1.29, 1.82) is 0 Å². The number of hydrogen-bond donors (Lipinski definition) is 2. The Morgan fingerprint density at radius 3 is 2.66 bits per heavy atom. The number of rotatable bonds is 4. The van der Waals surface area contributed by atoms with Gasteiger partial charge in [-0.15, -0.1) is 0 Å². The zero-order valence-electron chi connectivity index (χ0n) is 18.1. The summed E-state index contributed by atoms with van der Waals surface area (Å²) < 4.78 is 52.5. The Labute approximate surface area is 196 Å². The second-order valence-electron chi connectivity index (χ2n) is 8.41. The van der Waals surface area contributed by atoms with Crippen molar-refractivity contribution in [2.45, 2.75) is 25.4 Å². The number of pyridine rings is 1. The highest BCUT2D eigenvalue weighted by Crippen LogP contribution is 2.33. The van der Waals surface area contributed by atoms with Crippen molar-refractivity contribution in [1.82, 2.24) is 15.2 Å². The van der Waals surface area contributed by atoms with E-state index in [0.717, 1.165) is 5.56 Å². The number of aromatic nitrogens is 3. The zero-order valence-corrected chi connectivity index (χ0v) is 18.1. The average Bonchev–Trinajstić information content (AvgIpc) is 3.26. The lowest BCUT2D eigenvalue weighted by Crippen LogP contribution is -2.34. The Hall–Kier alpha value is -4.08. The number of amides is 1. The van der Waals surface area contributed by atoms with Gasteiger partial charge in [-0.3, -0.25) is 14.7 Å². The van der Waals surface area contributed by atoms with Crippen LogP contribution in [0.1, 0.15) is 28.0 Å². The molecule has 5 rings (SSSR count). The molecule has 178 valence electrons. The molecular formula is C25H18F4N4O2. The number of halogens is 4. The highest BCUT2D eigenvalue weighted by molar-refractivity contribution is 6.11. The molecular weight excluding hydrogens is 464 g/mol. The Balaban J connectivity index is 1.37. The summed E-state index contributed by atoms with van der Waals surface area (Å²) in [6, 6.07) is 13.2. The van der Waals surface area contributed by atoms with Crippen LogP contribution in [0.4, 0.5) is 23.2 Å². The number of H-pyrrole nitrogens is 1. The van der Waals surface area contributed by atoms with E-state index in [0.29, 0.717) is 39.7 Å². The molecule has 35 heavy (non-hydrogen) atoms. The largest absolute Gasteiger partial charge is 0.450 e. The van der Waals surface area contributed by atoms with Crippen LogP contribution in [0, 0.1) is 11.9 Å². The number of fused-ring (bicyclic) bond motifs is 2. The van der Waals surface area contributed by atoms with Crippen molar-refractivity contribution in [2.75, 3.05) is 5.32 Å². The smallest absolute Gasteiger partial charge is 0.321 e. The van der Waals surface area contributed by atoms with E-state index in [9.17, 15) is 27.2 Å². The molecule has 2 heterocycles. The number of anilines is 1. The zero-order chi connectivity index (χ0) is 24.7. The molecule has 4 aromatic rings. The number of alkyl halides is 3. The van der Waals surface area contributed by atoms with E-state index in [4.69, 9.17) is 0 Å². The Morgan fingerprint density at radius 2 is 1.89 bits per heavy atom. The van der Waals surface area contributed by atoms with Crippen molar-refractivity contribution in [3.05, 3.63) is 77.5 Å². The molecule has 0 aliphatic heterocycles. The summed E-state index contributed by atoms with van der Waals surface area (Å²) >= 11 is 0. The van der Waals surface area contributed by atoms with E-state index in [1.165, 1.54) is 6.20 Å². The number of nitrogens with one attached hydrogen (secondary N) is 2. The monoisotopic (exact) mass is 482 g/mol. The third-order valence-corrected chi connectivity index (χ3v) is 6.19. The second-order valence-corrected chi connectivity index (χ2v) is 8.41. The molecule has 10 heteroatoms. The lowest BCUT2D eigenvalue weighted by atomic mass is 9.81. The maximum Gasteiger partial charge on any atom is 0.450 e. The fraction of sp³-hybridized carbons (Fsp3) is 0.200. The van der Waals surface area contributed by atoms with Gasteiger partial charge in [-0.05, 0) is 72.4 Å². The van der Waals surface area contributed by atoms with Gasteiger partial charge in [-0.25, -0.2) is 4.98 Å². The third-order valence-electron chi connectivity index (χ3n) is 6.19. The number of hydrogen-bond acceptors (Lipinski definition) is 4. The molecule has 0 saturated carbocycles. The van der Waals surface area contributed by atoms with Crippen molar-refractivity contribution < 1.29 is 27.2 Å². The van der Waals surface area contributed by atoms with Crippen LogP contribution in [-0.4, -0.2) is 33.0 Å². The number of Topliss-reactive ketones (excluding diaryl/α,β-unsaturated/α-hetero) is 1. The standard InChI is InChI=1S/C25H18F4N4O2/c26-23-18(2-1-9-30-23)15-6-8-20-19(12-15)21(33-32-20)24(35)31-17-7-5-13-10-16(4-3-14(13)11-17)22(34)25(27,28)29/h1-2,5-9,11-12,16H,3-4,10H2,(H,31,35)(H,32,33). The number of ketones is 1. The molecule has 1 aliphatic rings. The maximum absolute atomic E-state index is 14.1. The lowest BCUT2D eigenvalue weighted by molar-refractivity contribution is -0.175. The summed E-state index contributed by atoms with van der Waals surface area (Å²) in [4.78, 5) is 28.2. The van der Waals surface area contributed by atoms with Crippen LogP contribution in [0.15, 0.2) is 54.7 Å². The quantitative estimate of drug-likeness (QED) is 0.307. The molecule has 1 atom stereocenters. The van der Waals surface area contributed by atoms with Crippen LogP contribution in [-0.2, 0) is 17.6 Å². The normalized spacial score (nSPS) is 15.6. The minimum Gasteiger partial charge on any atom is -0.321 e. The molecule has 0 spiro atoms. The van der Waals surface area contributed by atoms with Crippen LogP contribution in [0.3, 0.4) is 0 Å². The number of carbonyl (C=O) groups excluding carboxylic acids is 2. The minimum atomic E-state index is -4.84. The molecule has 2 aromatic heterocycles. The SMILES string of the molecule is O=C(Nc1ccc2c(c1)CCC(C(=O)C(F)(F)F)C2)c1n[nH]c2ccc(-c3cccnc3F)cc12. The molecule has 0 radical (unpaired) electrons. The number of benzene rings is 2. The summed E-state index contributed by atoms with van der Waals surface area (Å²) in [5.41, 5.74) is 3.43. The first-order valence-corrected chi connectivity index (χ1v) is 10.8. The van der Waals surface area contributed by atoms with E-state index in [1.807, 2.05) is 0 Å². The molecule has 0 fully saturated rings. The van der Waals surface area contributed by atoms with Crippen LogP contribution < -0.4 is 5.32 Å². The van der Waals surface area contributed by atoms with Gasteiger partial charge in [0.2, 0.25) is 11.7 Å². The van der Waals surface area contributed by atoms with E-state index < -0.39 is 29.7 Å². The van der Waals surface area contributed by atoms with Gasteiger partial charge in [0.05, 0.1) is 5.52 Å². The Bertz CT molecular complexity index is 1460. The first-order valence-electron chi connectivity index (χ1n) is 10.8. The van der Waals surface area contributed by atoms with Crippen molar-refractivity contribution in [3.8, 4) is 11.1 Å².